The van der Waals surface area contributed by atoms with Gasteiger partial charge in [0.1, 0.15) is 5.65 Å². The van der Waals surface area contributed by atoms with E-state index >= 15 is 0 Å². The van der Waals surface area contributed by atoms with Crippen LogP contribution in [-0.4, -0.2) is 39.0 Å². The number of aromatic nitrogens is 3. The number of amides is 1. The number of piperidine rings is 1. The van der Waals surface area contributed by atoms with E-state index in [1.807, 2.05) is 10.6 Å². The van der Waals surface area contributed by atoms with Gasteiger partial charge in [0.2, 0.25) is 6.41 Å². The Kier molecular flexibility index (Phi) is 2.83. The van der Waals surface area contributed by atoms with Gasteiger partial charge in [-0.15, -0.1) is 0 Å². The molecule has 2 aliphatic rings. The van der Waals surface area contributed by atoms with Crippen LogP contribution in [0.5, 0.6) is 0 Å². The lowest BCUT2D eigenvalue weighted by molar-refractivity contribution is -0.119. The molecule has 3 heterocycles. The third-order valence-electron chi connectivity index (χ3n) is 4.60. The van der Waals surface area contributed by atoms with Gasteiger partial charge in [-0.3, -0.25) is 9.59 Å². The highest BCUT2D eigenvalue weighted by atomic mass is 16.1. The van der Waals surface area contributed by atoms with Gasteiger partial charge < -0.3 is 9.88 Å². The van der Waals surface area contributed by atoms with E-state index in [1.54, 1.807) is 11.0 Å². The molecule has 6 nitrogen and oxygen atoms in total. The number of aromatic amines is 1. The number of likely N-dealkylation sites (tertiary alicyclic amines) is 1. The Labute approximate surface area is 121 Å². The maximum atomic E-state index is 11.9. The summed E-state index contributed by atoms with van der Waals surface area (Å²) in [5.41, 5.74) is 2.78. The number of nitrogens with zero attached hydrogens (tertiary/aromatic N) is 3. The zero-order valence-electron chi connectivity index (χ0n) is 11.8. The van der Waals surface area contributed by atoms with Crippen LogP contribution in [0, 0.1) is 0 Å². The Morgan fingerprint density at radius 1 is 1.14 bits per heavy atom. The topological polar surface area (TPSA) is 70.5 Å². The fourth-order valence-electron chi connectivity index (χ4n) is 3.21. The number of rotatable bonds is 3. The molecule has 1 aliphatic carbocycles. The van der Waals surface area contributed by atoms with Crippen molar-refractivity contribution in [2.75, 3.05) is 13.1 Å². The Bertz CT molecular complexity index is 736. The summed E-state index contributed by atoms with van der Waals surface area (Å²) in [7, 11) is 0. The lowest BCUT2D eigenvalue weighted by Gasteiger charge is -2.29. The Morgan fingerprint density at radius 3 is 2.57 bits per heavy atom. The molecule has 0 unspecified atom stereocenters. The van der Waals surface area contributed by atoms with Crippen LogP contribution in [0.3, 0.4) is 0 Å². The Hall–Kier alpha value is -2.11. The van der Waals surface area contributed by atoms with E-state index in [0.717, 1.165) is 49.4 Å². The molecule has 1 saturated carbocycles. The molecule has 0 atom stereocenters. The summed E-state index contributed by atoms with van der Waals surface area (Å²) >= 11 is 0. The molecule has 0 spiro atoms. The van der Waals surface area contributed by atoms with Crippen LogP contribution in [0.4, 0.5) is 0 Å². The fraction of sp³-hybridized carbons (Fsp3) is 0.533. The van der Waals surface area contributed by atoms with E-state index in [2.05, 4.69) is 4.98 Å². The van der Waals surface area contributed by atoms with Gasteiger partial charge in [0.05, 0.1) is 11.4 Å². The summed E-state index contributed by atoms with van der Waals surface area (Å²) < 4.78 is 1.90. The number of hydrogen-bond acceptors (Lipinski definition) is 3. The predicted molar refractivity (Wildman–Crippen MR) is 77.4 cm³/mol. The van der Waals surface area contributed by atoms with Crippen LogP contribution in [0.1, 0.15) is 48.9 Å². The summed E-state index contributed by atoms with van der Waals surface area (Å²) in [6.07, 6.45) is 5.07. The van der Waals surface area contributed by atoms with Gasteiger partial charge in [-0.25, -0.2) is 4.52 Å². The van der Waals surface area contributed by atoms with Crippen LogP contribution in [0.2, 0.25) is 0 Å². The first-order valence-electron chi connectivity index (χ1n) is 7.57. The molecular formula is C15H18N4O2. The summed E-state index contributed by atoms with van der Waals surface area (Å²) in [6, 6.07) is 3.67. The maximum Gasteiger partial charge on any atom is 0.251 e. The lowest BCUT2D eigenvalue weighted by atomic mass is 9.93. The first-order valence-corrected chi connectivity index (χ1v) is 7.57. The minimum absolute atomic E-state index is 0.0717. The molecule has 2 aromatic heterocycles. The quantitative estimate of drug-likeness (QED) is 0.863. The normalized spacial score (nSPS) is 20.1. The van der Waals surface area contributed by atoms with E-state index in [1.165, 1.54) is 12.8 Å². The fourth-order valence-corrected chi connectivity index (χ4v) is 3.21. The van der Waals surface area contributed by atoms with Crippen molar-refractivity contribution in [3.8, 4) is 0 Å². The zero-order valence-corrected chi connectivity index (χ0v) is 11.8. The second-order valence-electron chi connectivity index (χ2n) is 6.11. The molecule has 1 saturated heterocycles. The van der Waals surface area contributed by atoms with Crippen molar-refractivity contribution in [3.05, 3.63) is 33.9 Å². The van der Waals surface area contributed by atoms with E-state index in [9.17, 15) is 9.59 Å². The molecule has 0 radical (unpaired) electrons. The molecule has 4 rings (SSSR count). The first-order chi connectivity index (χ1) is 10.2. The molecule has 1 amide bonds. The Morgan fingerprint density at radius 2 is 1.90 bits per heavy atom. The van der Waals surface area contributed by atoms with Crippen molar-refractivity contribution in [3.63, 3.8) is 0 Å². The number of carbonyl (C=O) groups excluding carboxylic acids is 1. The van der Waals surface area contributed by atoms with Gasteiger partial charge in [-0.2, -0.15) is 5.10 Å². The standard InChI is InChI=1S/C15H18N4O2/c20-9-18-5-3-11(4-6-18)13-8-15(21)16-14-7-12(10-1-2-10)17-19(13)14/h7-11H,1-6H2,(H,16,21). The van der Waals surface area contributed by atoms with Gasteiger partial charge in [-0.1, -0.05) is 0 Å². The molecule has 21 heavy (non-hydrogen) atoms. The van der Waals surface area contributed by atoms with Crippen LogP contribution >= 0.6 is 0 Å². The molecule has 0 bridgehead atoms. The van der Waals surface area contributed by atoms with E-state index in [0.29, 0.717) is 5.92 Å². The van der Waals surface area contributed by atoms with Gasteiger partial charge in [-0.05, 0) is 25.7 Å². The summed E-state index contributed by atoms with van der Waals surface area (Å²) in [5, 5.41) is 4.69. The van der Waals surface area contributed by atoms with Crippen molar-refractivity contribution < 1.29 is 4.79 Å². The molecule has 1 N–H and O–H groups in total. The van der Waals surface area contributed by atoms with Crippen molar-refractivity contribution in [1.82, 2.24) is 19.5 Å². The zero-order chi connectivity index (χ0) is 14.4. The molecule has 0 aromatic carbocycles. The number of carbonyl (C=O) groups is 1. The number of fused-ring (bicyclic) bond motifs is 1. The number of nitrogens with one attached hydrogen (secondary N) is 1. The SMILES string of the molecule is O=CN1CCC(c2cc(=O)[nH]c3cc(C4CC4)nn23)CC1. The number of H-pyrrole nitrogens is 1. The van der Waals surface area contributed by atoms with Crippen LogP contribution in [0.15, 0.2) is 16.9 Å². The highest BCUT2D eigenvalue weighted by molar-refractivity contribution is 5.47. The van der Waals surface area contributed by atoms with E-state index < -0.39 is 0 Å². The summed E-state index contributed by atoms with van der Waals surface area (Å²) in [6.45, 7) is 1.50. The third-order valence-corrected chi connectivity index (χ3v) is 4.60. The van der Waals surface area contributed by atoms with Gasteiger partial charge in [0.15, 0.2) is 0 Å². The largest absolute Gasteiger partial charge is 0.345 e. The molecule has 2 aromatic rings. The van der Waals surface area contributed by atoms with Crippen LogP contribution in [0.25, 0.3) is 5.65 Å². The van der Waals surface area contributed by atoms with Crippen LogP contribution in [-0.2, 0) is 4.79 Å². The Balaban J connectivity index is 1.73. The van der Waals surface area contributed by atoms with E-state index in [-0.39, 0.29) is 11.5 Å². The predicted octanol–water partition coefficient (Wildman–Crippen LogP) is 1.24. The van der Waals surface area contributed by atoms with Gasteiger partial charge in [0, 0.05) is 37.1 Å². The second-order valence-corrected chi connectivity index (χ2v) is 6.11. The summed E-state index contributed by atoms with van der Waals surface area (Å²) in [4.78, 5) is 27.4. The lowest BCUT2D eigenvalue weighted by Crippen LogP contribution is -2.32. The highest BCUT2D eigenvalue weighted by Crippen LogP contribution is 2.39. The average molecular weight is 286 g/mol. The second kappa shape index (κ2) is 4.72. The maximum absolute atomic E-state index is 11.9. The monoisotopic (exact) mass is 286 g/mol. The molecule has 110 valence electrons. The molecular weight excluding hydrogens is 268 g/mol. The molecule has 2 fully saturated rings. The van der Waals surface area contributed by atoms with Crippen molar-refractivity contribution in [2.24, 2.45) is 0 Å². The van der Waals surface area contributed by atoms with Gasteiger partial charge in [0.25, 0.3) is 5.56 Å². The van der Waals surface area contributed by atoms with Crippen molar-refractivity contribution in [2.45, 2.75) is 37.5 Å². The molecule has 6 heteroatoms. The highest BCUT2D eigenvalue weighted by Gasteiger charge is 2.28. The number of hydrogen-bond donors (Lipinski definition) is 1. The average Bonchev–Trinajstić information content (AvgIpc) is 3.27. The van der Waals surface area contributed by atoms with Crippen LogP contribution < -0.4 is 5.56 Å². The van der Waals surface area contributed by atoms with Crippen molar-refractivity contribution >= 4 is 12.1 Å². The minimum Gasteiger partial charge on any atom is -0.345 e. The first kappa shape index (κ1) is 12.6. The third kappa shape index (κ3) is 2.24. The minimum atomic E-state index is -0.0717. The van der Waals surface area contributed by atoms with E-state index in [4.69, 9.17) is 5.10 Å². The van der Waals surface area contributed by atoms with Gasteiger partial charge >= 0.3 is 0 Å². The van der Waals surface area contributed by atoms with Crippen molar-refractivity contribution in [1.29, 1.82) is 0 Å². The summed E-state index contributed by atoms with van der Waals surface area (Å²) in [5.74, 6) is 0.858. The smallest absolute Gasteiger partial charge is 0.251 e. The molecule has 1 aliphatic heterocycles.